The molecule has 0 aliphatic carbocycles. The second kappa shape index (κ2) is 11.8. The van der Waals surface area contributed by atoms with E-state index < -0.39 is 0 Å². The van der Waals surface area contributed by atoms with Gasteiger partial charge in [-0.2, -0.15) is 5.10 Å². The van der Waals surface area contributed by atoms with Crippen molar-refractivity contribution in [3.63, 3.8) is 0 Å². The molecule has 2 saturated heterocycles. The first-order valence-corrected chi connectivity index (χ1v) is 11.3. The number of hydrogen-bond acceptors (Lipinski definition) is 4. The van der Waals surface area contributed by atoms with Gasteiger partial charge in [0.15, 0.2) is 5.96 Å². The third kappa shape index (κ3) is 6.19. The number of ether oxygens (including phenoxy) is 1. The summed E-state index contributed by atoms with van der Waals surface area (Å²) in [6.45, 7) is 8.75. The number of aromatic nitrogens is 3. The van der Waals surface area contributed by atoms with Gasteiger partial charge in [0.2, 0.25) is 0 Å². The van der Waals surface area contributed by atoms with Crippen molar-refractivity contribution < 1.29 is 4.74 Å². The Balaban J connectivity index is 0.00000272. The molecule has 170 valence electrons. The van der Waals surface area contributed by atoms with Crippen LogP contribution in [0.4, 0.5) is 0 Å². The van der Waals surface area contributed by atoms with Crippen molar-refractivity contribution in [2.24, 2.45) is 10.9 Å². The van der Waals surface area contributed by atoms with E-state index in [0.717, 1.165) is 70.3 Å². The molecule has 3 heterocycles. The number of aliphatic imine (C=N–C) groups is 1. The number of benzene rings is 1. The fraction of sp³-hybridized carbons (Fsp3) is 0.609. The number of likely N-dealkylation sites (tertiary alicyclic amines) is 1. The monoisotopic (exact) mass is 538 g/mol. The first kappa shape index (κ1) is 24.0. The molecule has 4 rings (SSSR count). The third-order valence-electron chi connectivity index (χ3n) is 6.28. The molecule has 1 aromatic carbocycles. The van der Waals surface area contributed by atoms with Gasteiger partial charge in [-0.3, -0.25) is 10.1 Å². The standard InChI is InChI=1S/C23H34N6O.HI/c1-3-24-23(29-12-10-19(11-13-29)22-26-16-27-28-22)25-15-20-5-4-14-30-21(20)18-8-6-17(2)7-9-18;/h6-9,16,19-21H,3-5,10-15H2,1-2H3,(H,24,25)(H,26,27,28);1H. The molecule has 2 atom stereocenters. The van der Waals surface area contributed by atoms with Gasteiger partial charge in [-0.05, 0) is 45.1 Å². The van der Waals surface area contributed by atoms with Crippen LogP contribution in [0.5, 0.6) is 0 Å². The molecule has 31 heavy (non-hydrogen) atoms. The number of H-pyrrole nitrogens is 1. The fourth-order valence-corrected chi connectivity index (χ4v) is 4.56. The van der Waals surface area contributed by atoms with E-state index >= 15 is 0 Å². The number of hydrogen-bond donors (Lipinski definition) is 2. The lowest BCUT2D eigenvalue weighted by atomic mass is 9.89. The maximum Gasteiger partial charge on any atom is 0.193 e. The van der Waals surface area contributed by atoms with Crippen molar-refractivity contribution in [2.75, 3.05) is 32.8 Å². The molecule has 2 unspecified atom stereocenters. The Kier molecular flexibility index (Phi) is 9.13. The fourth-order valence-electron chi connectivity index (χ4n) is 4.56. The number of aryl methyl sites for hydroxylation is 1. The van der Waals surface area contributed by atoms with Gasteiger partial charge in [-0.25, -0.2) is 4.98 Å². The second-order valence-electron chi connectivity index (χ2n) is 8.43. The zero-order valence-electron chi connectivity index (χ0n) is 18.6. The molecule has 2 aliphatic rings. The van der Waals surface area contributed by atoms with Crippen molar-refractivity contribution in [1.82, 2.24) is 25.4 Å². The van der Waals surface area contributed by atoms with Gasteiger partial charge in [0.1, 0.15) is 12.2 Å². The molecule has 0 amide bonds. The van der Waals surface area contributed by atoms with Crippen LogP contribution in [0.25, 0.3) is 0 Å². The minimum Gasteiger partial charge on any atom is -0.373 e. The van der Waals surface area contributed by atoms with Gasteiger partial charge in [0.05, 0.1) is 6.10 Å². The predicted molar refractivity (Wildman–Crippen MR) is 134 cm³/mol. The largest absolute Gasteiger partial charge is 0.373 e. The molecule has 0 saturated carbocycles. The highest BCUT2D eigenvalue weighted by Crippen LogP contribution is 2.34. The van der Waals surface area contributed by atoms with E-state index in [1.807, 2.05) is 0 Å². The average Bonchev–Trinajstić information content (AvgIpc) is 3.33. The van der Waals surface area contributed by atoms with Gasteiger partial charge in [-0.15, -0.1) is 24.0 Å². The summed E-state index contributed by atoms with van der Waals surface area (Å²) < 4.78 is 6.19. The predicted octanol–water partition coefficient (Wildman–Crippen LogP) is 4.04. The number of nitrogens with zero attached hydrogens (tertiary/aromatic N) is 4. The summed E-state index contributed by atoms with van der Waals surface area (Å²) in [5, 5.41) is 10.5. The van der Waals surface area contributed by atoms with Crippen molar-refractivity contribution in [2.45, 2.75) is 51.6 Å². The minimum absolute atomic E-state index is 0. The van der Waals surface area contributed by atoms with Crippen LogP contribution in [-0.4, -0.2) is 58.8 Å². The van der Waals surface area contributed by atoms with Crippen LogP contribution in [0.1, 0.15) is 61.6 Å². The molecule has 2 N–H and O–H groups in total. The smallest absolute Gasteiger partial charge is 0.193 e. The zero-order chi connectivity index (χ0) is 20.8. The Hall–Kier alpha value is -1.68. The minimum atomic E-state index is 0. The number of guanidine groups is 1. The van der Waals surface area contributed by atoms with Crippen LogP contribution in [0.15, 0.2) is 35.6 Å². The number of halogens is 1. The summed E-state index contributed by atoms with van der Waals surface area (Å²) in [7, 11) is 0. The lowest BCUT2D eigenvalue weighted by molar-refractivity contribution is -0.0250. The SMILES string of the molecule is CCNC(=NCC1CCCOC1c1ccc(C)cc1)N1CCC(c2ncn[nH]2)CC1.I. The van der Waals surface area contributed by atoms with Crippen LogP contribution < -0.4 is 5.32 Å². The maximum atomic E-state index is 6.19. The van der Waals surface area contributed by atoms with Crippen LogP contribution >= 0.6 is 24.0 Å². The molecule has 7 nitrogen and oxygen atoms in total. The Labute approximate surface area is 202 Å². The summed E-state index contributed by atoms with van der Waals surface area (Å²) in [4.78, 5) is 11.8. The van der Waals surface area contributed by atoms with E-state index in [4.69, 9.17) is 9.73 Å². The Bertz CT molecular complexity index is 802. The highest BCUT2D eigenvalue weighted by atomic mass is 127. The Morgan fingerprint density at radius 2 is 2.00 bits per heavy atom. The first-order valence-electron chi connectivity index (χ1n) is 11.3. The maximum absolute atomic E-state index is 6.19. The number of piperidine rings is 1. The number of rotatable bonds is 5. The molecule has 0 spiro atoms. The lowest BCUT2D eigenvalue weighted by Crippen LogP contribution is -2.45. The van der Waals surface area contributed by atoms with E-state index in [-0.39, 0.29) is 30.1 Å². The quantitative estimate of drug-likeness (QED) is 0.342. The molecule has 2 fully saturated rings. The van der Waals surface area contributed by atoms with E-state index in [9.17, 15) is 0 Å². The normalized spacial score (nSPS) is 22.8. The Morgan fingerprint density at radius 3 is 2.68 bits per heavy atom. The van der Waals surface area contributed by atoms with Crippen LogP contribution in [-0.2, 0) is 4.74 Å². The molecule has 2 aliphatic heterocycles. The number of nitrogens with one attached hydrogen (secondary N) is 2. The van der Waals surface area contributed by atoms with Crippen molar-refractivity contribution in [3.8, 4) is 0 Å². The molecule has 8 heteroatoms. The van der Waals surface area contributed by atoms with Gasteiger partial charge in [0.25, 0.3) is 0 Å². The van der Waals surface area contributed by atoms with Crippen LogP contribution in [0.3, 0.4) is 0 Å². The summed E-state index contributed by atoms with van der Waals surface area (Å²) in [5.74, 6) is 2.92. The third-order valence-corrected chi connectivity index (χ3v) is 6.28. The van der Waals surface area contributed by atoms with Gasteiger partial charge >= 0.3 is 0 Å². The molecule has 1 aromatic heterocycles. The van der Waals surface area contributed by atoms with Crippen molar-refractivity contribution in [1.29, 1.82) is 0 Å². The molecular weight excluding hydrogens is 503 g/mol. The molecule has 0 bridgehead atoms. The zero-order valence-corrected chi connectivity index (χ0v) is 20.9. The van der Waals surface area contributed by atoms with Gasteiger partial charge in [-0.1, -0.05) is 29.8 Å². The van der Waals surface area contributed by atoms with Gasteiger partial charge in [0, 0.05) is 44.6 Å². The average molecular weight is 538 g/mol. The van der Waals surface area contributed by atoms with Crippen LogP contribution in [0, 0.1) is 12.8 Å². The van der Waals surface area contributed by atoms with E-state index in [0.29, 0.717) is 11.8 Å². The lowest BCUT2D eigenvalue weighted by Gasteiger charge is -2.35. The van der Waals surface area contributed by atoms with Crippen molar-refractivity contribution >= 4 is 29.9 Å². The van der Waals surface area contributed by atoms with Gasteiger partial charge < -0.3 is 15.0 Å². The van der Waals surface area contributed by atoms with E-state index in [2.05, 4.69) is 63.5 Å². The summed E-state index contributed by atoms with van der Waals surface area (Å²) in [6.07, 6.45) is 6.15. The first-order chi connectivity index (χ1) is 14.7. The highest BCUT2D eigenvalue weighted by molar-refractivity contribution is 14.0. The molecule has 0 radical (unpaired) electrons. The Morgan fingerprint density at radius 1 is 1.23 bits per heavy atom. The van der Waals surface area contributed by atoms with E-state index in [1.165, 1.54) is 11.1 Å². The summed E-state index contributed by atoms with van der Waals surface area (Å²) >= 11 is 0. The summed E-state index contributed by atoms with van der Waals surface area (Å²) in [6, 6.07) is 8.77. The second-order valence-corrected chi connectivity index (χ2v) is 8.43. The van der Waals surface area contributed by atoms with Crippen LogP contribution in [0.2, 0.25) is 0 Å². The summed E-state index contributed by atoms with van der Waals surface area (Å²) in [5.41, 5.74) is 2.56. The van der Waals surface area contributed by atoms with Crippen molar-refractivity contribution in [3.05, 3.63) is 47.5 Å². The van der Waals surface area contributed by atoms with E-state index in [1.54, 1.807) is 6.33 Å². The molecular formula is C23H35IN6O. The highest BCUT2D eigenvalue weighted by Gasteiger charge is 2.28. The number of aromatic amines is 1. The topological polar surface area (TPSA) is 78.4 Å². The molecule has 2 aromatic rings.